The van der Waals surface area contributed by atoms with E-state index in [1.165, 1.54) is 27.8 Å². The minimum Gasteiger partial charge on any atom is -0.345 e. The van der Waals surface area contributed by atoms with Crippen LogP contribution in [0.25, 0.3) is 10.2 Å². The van der Waals surface area contributed by atoms with Gasteiger partial charge in [-0.15, -0.1) is 11.3 Å². The maximum Gasteiger partial charge on any atom is 0.262 e. The first-order chi connectivity index (χ1) is 14.5. The van der Waals surface area contributed by atoms with E-state index in [-0.39, 0.29) is 17.5 Å². The molecule has 0 fully saturated rings. The number of hydrogen-bond donors (Lipinski definition) is 1. The van der Waals surface area contributed by atoms with Gasteiger partial charge in [0.15, 0.2) is 0 Å². The Kier molecular flexibility index (Phi) is 5.77. The Morgan fingerprint density at radius 1 is 1.10 bits per heavy atom. The lowest BCUT2D eigenvalue weighted by Gasteiger charge is -2.19. The van der Waals surface area contributed by atoms with Crippen LogP contribution >= 0.6 is 11.3 Å². The zero-order valence-corrected chi connectivity index (χ0v) is 17.8. The number of hydrogen-bond acceptors (Lipinski definition) is 4. The van der Waals surface area contributed by atoms with Crippen molar-refractivity contribution in [1.29, 1.82) is 0 Å². The van der Waals surface area contributed by atoms with Gasteiger partial charge >= 0.3 is 0 Å². The minimum atomic E-state index is -0.167. The van der Waals surface area contributed by atoms with Crippen molar-refractivity contribution in [1.82, 2.24) is 14.9 Å². The van der Waals surface area contributed by atoms with Crippen LogP contribution in [0.2, 0.25) is 0 Å². The van der Waals surface area contributed by atoms with E-state index in [1.54, 1.807) is 7.05 Å². The first-order valence-electron chi connectivity index (χ1n) is 9.89. The molecule has 5 nitrogen and oxygen atoms in total. The van der Waals surface area contributed by atoms with Crippen molar-refractivity contribution in [3.63, 3.8) is 0 Å². The molecule has 0 radical (unpaired) electrons. The van der Waals surface area contributed by atoms with E-state index in [1.807, 2.05) is 55.5 Å². The van der Waals surface area contributed by atoms with E-state index in [0.29, 0.717) is 20.7 Å². The molecule has 2 aromatic heterocycles. The number of carbonyl (C=O) groups excluding carboxylic acids is 1. The fourth-order valence-electron chi connectivity index (χ4n) is 3.61. The summed E-state index contributed by atoms with van der Waals surface area (Å²) in [5.74, 6) is -0.167. The Bertz CT molecular complexity index is 1230. The highest BCUT2D eigenvalue weighted by Crippen LogP contribution is 2.28. The summed E-state index contributed by atoms with van der Waals surface area (Å²) in [4.78, 5) is 31.1. The minimum absolute atomic E-state index is 0.126. The summed E-state index contributed by atoms with van der Waals surface area (Å²) in [6, 6.07) is 20.1. The molecule has 152 valence electrons. The van der Waals surface area contributed by atoms with Gasteiger partial charge in [0.2, 0.25) is 0 Å². The lowest BCUT2D eigenvalue weighted by Crippen LogP contribution is -2.29. The second kappa shape index (κ2) is 8.63. The van der Waals surface area contributed by atoms with Crippen LogP contribution in [0, 0.1) is 6.92 Å². The molecular formula is C24H23N3O2S. The van der Waals surface area contributed by atoms with E-state index in [9.17, 15) is 9.59 Å². The van der Waals surface area contributed by atoms with Crippen LogP contribution in [0.4, 0.5) is 0 Å². The molecule has 4 aromatic rings. The van der Waals surface area contributed by atoms with Crippen LogP contribution in [0.3, 0.4) is 0 Å². The highest BCUT2D eigenvalue weighted by atomic mass is 32.1. The number of thiophene rings is 1. The summed E-state index contributed by atoms with van der Waals surface area (Å²) in [6.07, 6.45) is 3.13. The van der Waals surface area contributed by atoms with Crippen molar-refractivity contribution in [2.75, 3.05) is 0 Å². The van der Waals surface area contributed by atoms with Crippen molar-refractivity contribution in [2.45, 2.75) is 25.8 Å². The summed E-state index contributed by atoms with van der Waals surface area (Å²) in [5.41, 5.74) is 2.86. The zero-order chi connectivity index (χ0) is 21.1. The normalized spacial score (nSPS) is 12.1. The number of aryl methyl sites for hydroxylation is 3. The number of amides is 1. The first-order valence-corrected chi connectivity index (χ1v) is 10.7. The quantitative estimate of drug-likeness (QED) is 0.505. The third-order valence-corrected chi connectivity index (χ3v) is 6.49. The van der Waals surface area contributed by atoms with Gasteiger partial charge in [0.1, 0.15) is 4.83 Å². The number of nitrogens with zero attached hydrogens (tertiary/aromatic N) is 2. The van der Waals surface area contributed by atoms with Crippen LogP contribution in [-0.2, 0) is 13.5 Å². The van der Waals surface area contributed by atoms with E-state index in [0.717, 1.165) is 18.4 Å². The number of rotatable bonds is 6. The highest BCUT2D eigenvalue weighted by molar-refractivity contribution is 7.20. The molecule has 1 atom stereocenters. The van der Waals surface area contributed by atoms with Gasteiger partial charge in [-0.1, -0.05) is 60.7 Å². The summed E-state index contributed by atoms with van der Waals surface area (Å²) < 4.78 is 1.44. The topological polar surface area (TPSA) is 64.0 Å². The van der Waals surface area contributed by atoms with Crippen molar-refractivity contribution >= 4 is 27.5 Å². The van der Waals surface area contributed by atoms with E-state index >= 15 is 0 Å². The SMILES string of the molecule is Cc1c(C(=O)NC(CCc2ccccc2)c2ccccc2)sc2ncn(C)c(=O)c12. The lowest BCUT2D eigenvalue weighted by molar-refractivity contribution is 0.0938. The van der Waals surface area contributed by atoms with E-state index in [4.69, 9.17) is 0 Å². The van der Waals surface area contributed by atoms with Gasteiger partial charge in [-0.25, -0.2) is 4.98 Å². The number of fused-ring (bicyclic) bond motifs is 1. The fraction of sp³-hybridized carbons (Fsp3) is 0.208. The molecular weight excluding hydrogens is 394 g/mol. The molecule has 30 heavy (non-hydrogen) atoms. The summed E-state index contributed by atoms with van der Waals surface area (Å²) in [7, 11) is 1.67. The molecule has 2 aromatic carbocycles. The van der Waals surface area contributed by atoms with Gasteiger partial charge in [0.05, 0.1) is 22.6 Å². The molecule has 0 bridgehead atoms. The molecule has 0 saturated heterocycles. The molecule has 1 amide bonds. The number of carbonyl (C=O) groups is 1. The molecule has 4 rings (SSSR count). The van der Waals surface area contributed by atoms with Gasteiger partial charge in [0, 0.05) is 7.05 Å². The molecule has 0 aliphatic heterocycles. The Balaban J connectivity index is 1.62. The fourth-order valence-corrected chi connectivity index (χ4v) is 4.65. The second-order valence-electron chi connectivity index (χ2n) is 7.36. The molecule has 0 aliphatic carbocycles. The van der Waals surface area contributed by atoms with E-state index < -0.39 is 0 Å². The smallest absolute Gasteiger partial charge is 0.262 e. The molecule has 0 aliphatic rings. The lowest BCUT2D eigenvalue weighted by atomic mass is 9.98. The summed E-state index contributed by atoms with van der Waals surface area (Å²) in [6.45, 7) is 1.82. The zero-order valence-electron chi connectivity index (χ0n) is 17.0. The molecule has 1 unspecified atom stereocenters. The molecule has 0 saturated carbocycles. The van der Waals surface area contributed by atoms with Gasteiger partial charge in [-0.3, -0.25) is 9.59 Å². The standard InChI is InChI=1S/C24H23N3O2S/c1-16-20-23(25-15-27(2)24(20)29)30-21(16)22(28)26-19(18-11-7-4-8-12-18)14-13-17-9-5-3-6-10-17/h3-12,15,19H,13-14H2,1-2H3,(H,26,28). The van der Waals surface area contributed by atoms with Crippen LogP contribution in [0.1, 0.15) is 38.8 Å². The van der Waals surface area contributed by atoms with Crippen molar-refractivity contribution in [2.24, 2.45) is 7.05 Å². The Morgan fingerprint density at radius 3 is 2.47 bits per heavy atom. The van der Waals surface area contributed by atoms with Crippen LogP contribution in [0.5, 0.6) is 0 Å². The predicted molar refractivity (Wildman–Crippen MR) is 121 cm³/mol. The number of nitrogens with one attached hydrogen (secondary N) is 1. The highest BCUT2D eigenvalue weighted by Gasteiger charge is 2.22. The van der Waals surface area contributed by atoms with E-state index in [2.05, 4.69) is 22.4 Å². The monoisotopic (exact) mass is 417 g/mol. The second-order valence-corrected chi connectivity index (χ2v) is 8.36. The molecule has 0 spiro atoms. The first kappa shape index (κ1) is 20.0. The van der Waals surface area contributed by atoms with Crippen LogP contribution in [0.15, 0.2) is 71.8 Å². The van der Waals surface area contributed by atoms with Gasteiger partial charge < -0.3 is 9.88 Å². The average Bonchev–Trinajstić information content (AvgIpc) is 3.12. The largest absolute Gasteiger partial charge is 0.345 e. The Morgan fingerprint density at radius 2 is 1.77 bits per heavy atom. The van der Waals surface area contributed by atoms with Gasteiger partial charge in [-0.2, -0.15) is 0 Å². The average molecular weight is 418 g/mol. The van der Waals surface area contributed by atoms with Gasteiger partial charge in [-0.05, 0) is 36.5 Å². The number of benzene rings is 2. The van der Waals surface area contributed by atoms with Crippen LogP contribution < -0.4 is 10.9 Å². The Labute approximate surface area is 179 Å². The Hall–Kier alpha value is -3.25. The summed E-state index contributed by atoms with van der Waals surface area (Å²) >= 11 is 1.27. The number of aromatic nitrogens is 2. The predicted octanol–water partition coefficient (Wildman–Crippen LogP) is 4.41. The van der Waals surface area contributed by atoms with Crippen molar-refractivity contribution in [3.05, 3.63) is 98.9 Å². The molecule has 1 N–H and O–H groups in total. The maximum absolute atomic E-state index is 13.2. The van der Waals surface area contributed by atoms with Crippen molar-refractivity contribution in [3.8, 4) is 0 Å². The third-order valence-electron chi connectivity index (χ3n) is 5.29. The maximum atomic E-state index is 13.2. The third kappa shape index (κ3) is 4.04. The van der Waals surface area contributed by atoms with Crippen LogP contribution in [-0.4, -0.2) is 15.5 Å². The molecule has 6 heteroatoms. The summed E-state index contributed by atoms with van der Waals surface area (Å²) in [5, 5.41) is 3.71. The van der Waals surface area contributed by atoms with Crippen molar-refractivity contribution < 1.29 is 4.79 Å². The molecule has 2 heterocycles. The van der Waals surface area contributed by atoms with Gasteiger partial charge in [0.25, 0.3) is 11.5 Å².